The van der Waals surface area contributed by atoms with E-state index in [0.29, 0.717) is 25.9 Å². The molecule has 1 aromatic carbocycles. The second-order valence-electron chi connectivity index (χ2n) is 7.37. The minimum Gasteiger partial charge on any atom is -0.352 e. The molecule has 3 rings (SSSR count). The molecule has 1 amide bonds. The highest BCUT2D eigenvalue weighted by Crippen LogP contribution is 2.22. The standard InChI is InChI=1S/C19H28N2O3S/c1-21(18-9-11-25(23,24)14-18)10-8-19(22)20-13-15-6-7-16-4-2-3-5-17(16)12-15/h6-7,12,18H,2-5,8-11,13-14H2,1H3,(H,20,22)/t18-/m1/s1. The number of sulfone groups is 1. The van der Waals surface area contributed by atoms with Gasteiger partial charge in [-0.1, -0.05) is 18.2 Å². The van der Waals surface area contributed by atoms with Gasteiger partial charge in [0.2, 0.25) is 5.91 Å². The molecule has 1 saturated heterocycles. The van der Waals surface area contributed by atoms with E-state index in [2.05, 4.69) is 23.5 Å². The van der Waals surface area contributed by atoms with Crippen LogP contribution >= 0.6 is 0 Å². The molecule has 1 heterocycles. The predicted molar refractivity (Wildman–Crippen MR) is 99.2 cm³/mol. The first kappa shape index (κ1) is 18.4. The minimum absolute atomic E-state index is 0.0189. The van der Waals surface area contributed by atoms with Crippen LogP contribution in [0.1, 0.15) is 42.4 Å². The lowest BCUT2D eigenvalue weighted by atomic mass is 9.90. The Hall–Kier alpha value is -1.40. The highest BCUT2D eigenvalue weighted by atomic mass is 32.2. The Kier molecular flexibility index (Phi) is 5.79. The van der Waals surface area contributed by atoms with Crippen LogP contribution in [0.4, 0.5) is 0 Å². The fourth-order valence-corrected chi connectivity index (χ4v) is 5.57. The number of rotatable bonds is 6. The van der Waals surface area contributed by atoms with Gasteiger partial charge < -0.3 is 10.2 Å². The van der Waals surface area contributed by atoms with Gasteiger partial charge >= 0.3 is 0 Å². The number of nitrogens with zero attached hydrogens (tertiary/aromatic N) is 1. The van der Waals surface area contributed by atoms with Crippen molar-refractivity contribution in [2.24, 2.45) is 0 Å². The molecule has 0 bridgehead atoms. The zero-order chi connectivity index (χ0) is 17.9. The van der Waals surface area contributed by atoms with Crippen LogP contribution in [0.15, 0.2) is 18.2 Å². The first-order valence-corrected chi connectivity index (χ1v) is 11.0. The van der Waals surface area contributed by atoms with Crippen molar-refractivity contribution < 1.29 is 13.2 Å². The van der Waals surface area contributed by atoms with E-state index in [-0.39, 0.29) is 23.5 Å². The van der Waals surface area contributed by atoms with Gasteiger partial charge in [0.15, 0.2) is 9.84 Å². The maximum atomic E-state index is 12.1. The van der Waals surface area contributed by atoms with Crippen LogP contribution in [-0.2, 0) is 34.0 Å². The summed E-state index contributed by atoms with van der Waals surface area (Å²) in [6.45, 7) is 1.16. The summed E-state index contributed by atoms with van der Waals surface area (Å²) < 4.78 is 23.1. The Balaban J connectivity index is 1.42. The molecule has 0 saturated carbocycles. The van der Waals surface area contributed by atoms with Crippen molar-refractivity contribution in [3.05, 3.63) is 34.9 Å². The molecule has 5 nitrogen and oxygen atoms in total. The maximum absolute atomic E-state index is 12.1. The number of fused-ring (bicyclic) bond motifs is 1. The van der Waals surface area contributed by atoms with E-state index in [9.17, 15) is 13.2 Å². The van der Waals surface area contributed by atoms with Gasteiger partial charge in [-0.05, 0) is 55.8 Å². The van der Waals surface area contributed by atoms with E-state index in [0.717, 1.165) is 12.0 Å². The average molecular weight is 365 g/mol. The molecule has 1 fully saturated rings. The van der Waals surface area contributed by atoms with E-state index in [1.807, 2.05) is 11.9 Å². The van der Waals surface area contributed by atoms with Crippen molar-refractivity contribution in [3.8, 4) is 0 Å². The van der Waals surface area contributed by atoms with Crippen LogP contribution < -0.4 is 5.32 Å². The first-order chi connectivity index (χ1) is 11.9. The summed E-state index contributed by atoms with van der Waals surface area (Å²) in [5.41, 5.74) is 4.04. The number of hydrogen-bond donors (Lipinski definition) is 1. The summed E-state index contributed by atoms with van der Waals surface area (Å²) in [7, 11) is -0.970. The third-order valence-corrected chi connectivity index (χ3v) is 7.18. The van der Waals surface area contributed by atoms with Gasteiger partial charge in [0.1, 0.15) is 0 Å². The number of carbonyl (C=O) groups excluding carboxylic acids is 1. The largest absolute Gasteiger partial charge is 0.352 e. The third kappa shape index (κ3) is 5.05. The fourth-order valence-electron chi connectivity index (χ4n) is 3.77. The van der Waals surface area contributed by atoms with Crippen LogP contribution in [-0.4, -0.2) is 50.4 Å². The first-order valence-electron chi connectivity index (χ1n) is 9.21. The number of carbonyl (C=O) groups is 1. The van der Waals surface area contributed by atoms with Crippen molar-refractivity contribution in [1.82, 2.24) is 10.2 Å². The molecule has 0 radical (unpaired) electrons. The van der Waals surface area contributed by atoms with Gasteiger partial charge in [-0.15, -0.1) is 0 Å². The smallest absolute Gasteiger partial charge is 0.221 e. The van der Waals surface area contributed by atoms with Gasteiger partial charge in [-0.2, -0.15) is 0 Å². The van der Waals surface area contributed by atoms with Crippen molar-refractivity contribution in [3.63, 3.8) is 0 Å². The summed E-state index contributed by atoms with van der Waals surface area (Å²) in [6, 6.07) is 6.59. The molecule has 0 spiro atoms. The molecular formula is C19H28N2O3S. The normalized spacial score (nSPS) is 21.9. The van der Waals surface area contributed by atoms with Crippen LogP contribution in [0, 0.1) is 0 Å². The highest BCUT2D eigenvalue weighted by Gasteiger charge is 2.30. The van der Waals surface area contributed by atoms with Gasteiger partial charge in [-0.25, -0.2) is 8.42 Å². The summed E-state index contributed by atoms with van der Waals surface area (Å²) in [5.74, 6) is 0.512. The Bertz CT molecular complexity index is 730. The summed E-state index contributed by atoms with van der Waals surface area (Å²) in [5, 5.41) is 2.98. The Labute approximate surface area is 150 Å². The van der Waals surface area contributed by atoms with Gasteiger partial charge in [0.05, 0.1) is 11.5 Å². The lowest BCUT2D eigenvalue weighted by Crippen LogP contribution is -2.36. The fraction of sp³-hybridized carbons (Fsp3) is 0.632. The van der Waals surface area contributed by atoms with E-state index in [1.54, 1.807) is 0 Å². The van der Waals surface area contributed by atoms with Gasteiger partial charge in [0.25, 0.3) is 0 Å². The Morgan fingerprint density at radius 1 is 1.24 bits per heavy atom. The SMILES string of the molecule is CN(CCC(=O)NCc1ccc2c(c1)CCCC2)[C@@H]1CCS(=O)(=O)C1. The maximum Gasteiger partial charge on any atom is 0.221 e. The molecule has 1 aliphatic heterocycles. The lowest BCUT2D eigenvalue weighted by Gasteiger charge is -2.22. The number of benzene rings is 1. The summed E-state index contributed by atoms with van der Waals surface area (Å²) in [6.07, 6.45) is 5.93. The van der Waals surface area contributed by atoms with Crippen LogP contribution in [0.25, 0.3) is 0 Å². The number of amides is 1. The summed E-state index contributed by atoms with van der Waals surface area (Å²) in [4.78, 5) is 14.1. The second kappa shape index (κ2) is 7.87. The third-order valence-electron chi connectivity index (χ3n) is 5.43. The van der Waals surface area contributed by atoms with Crippen molar-refractivity contribution in [1.29, 1.82) is 0 Å². The Morgan fingerprint density at radius 2 is 2.00 bits per heavy atom. The highest BCUT2D eigenvalue weighted by molar-refractivity contribution is 7.91. The monoisotopic (exact) mass is 364 g/mol. The van der Waals surface area contributed by atoms with Crippen LogP contribution in [0.3, 0.4) is 0 Å². The quantitative estimate of drug-likeness (QED) is 0.834. The molecule has 1 aliphatic carbocycles. The van der Waals surface area contributed by atoms with E-state index < -0.39 is 9.84 Å². The predicted octanol–water partition coefficient (Wildman–Crippen LogP) is 1.69. The zero-order valence-electron chi connectivity index (χ0n) is 15.0. The van der Waals surface area contributed by atoms with Crippen LogP contribution in [0.5, 0.6) is 0 Å². The molecule has 25 heavy (non-hydrogen) atoms. The van der Waals surface area contributed by atoms with E-state index in [4.69, 9.17) is 0 Å². The summed E-state index contributed by atoms with van der Waals surface area (Å²) >= 11 is 0. The Morgan fingerprint density at radius 3 is 2.72 bits per heavy atom. The molecule has 0 aromatic heterocycles. The molecule has 2 aliphatic rings. The second-order valence-corrected chi connectivity index (χ2v) is 9.60. The average Bonchev–Trinajstić information content (AvgIpc) is 2.97. The minimum atomic E-state index is -2.88. The van der Waals surface area contributed by atoms with Crippen molar-refractivity contribution in [2.45, 2.75) is 51.1 Å². The molecular weight excluding hydrogens is 336 g/mol. The van der Waals surface area contributed by atoms with E-state index in [1.165, 1.54) is 30.4 Å². The zero-order valence-corrected chi connectivity index (χ0v) is 15.8. The molecule has 6 heteroatoms. The van der Waals surface area contributed by atoms with Gasteiger partial charge in [-0.3, -0.25) is 4.79 Å². The van der Waals surface area contributed by atoms with Crippen LogP contribution in [0.2, 0.25) is 0 Å². The number of aryl methyl sites for hydroxylation is 2. The lowest BCUT2D eigenvalue weighted by molar-refractivity contribution is -0.121. The molecule has 138 valence electrons. The molecule has 0 unspecified atom stereocenters. The van der Waals surface area contributed by atoms with E-state index >= 15 is 0 Å². The van der Waals surface area contributed by atoms with Crippen molar-refractivity contribution >= 4 is 15.7 Å². The molecule has 1 aromatic rings. The topological polar surface area (TPSA) is 66.5 Å². The number of nitrogens with one attached hydrogen (secondary N) is 1. The van der Waals surface area contributed by atoms with Crippen molar-refractivity contribution in [2.75, 3.05) is 25.1 Å². The molecule has 1 N–H and O–H groups in total. The number of hydrogen-bond acceptors (Lipinski definition) is 4. The van der Waals surface area contributed by atoms with Gasteiger partial charge in [0, 0.05) is 25.6 Å². The molecule has 1 atom stereocenters.